The fourth-order valence-electron chi connectivity index (χ4n) is 2.55. The van der Waals surface area contributed by atoms with Crippen molar-refractivity contribution in [3.63, 3.8) is 0 Å². The summed E-state index contributed by atoms with van der Waals surface area (Å²) in [5, 5.41) is 13.7. The summed E-state index contributed by atoms with van der Waals surface area (Å²) >= 11 is 0. The van der Waals surface area contributed by atoms with Gasteiger partial charge >= 0.3 is 0 Å². The minimum Gasteiger partial charge on any atom is -0.389 e. The van der Waals surface area contributed by atoms with Gasteiger partial charge in [0.15, 0.2) is 0 Å². The zero-order chi connectivity index (χ0) is 12.1. The van der Waals surface area contributed by atoms with E-state index in [1.807, 2.05) is 24.0 Å². The Labute approximate surface area is 103 Å². The molecule has 0 aromatic carbocycles. The first-order valence-electron chi connectivity index (χ1n) is 6.59. The van der Waals surface area contributed by atoms with Crippen molar-refractivity contribution in [2.45, 2.75) is 44.1 Å². The van der Waals surface area contributed by atoms with Crippen LogP contribution in [0.15, 0.2) is 12.4 Å². The average molecular weight is 237 g/mol. The summed E-state index contributed by atoms with van der Waals surface area (Å²) in [6.45, 7) is 1.60. The van der Waals surface area contributed by atoms with Gasteiger partial charge in [-0.25, -0.2) is 4.98 Å². The number of nitrogens with zero attached hydrogens (tertiary/aromatic N) is 2. The van der Waals surface area contributed by atoms with E-state index in [2.05, 4.69) is 10.3 Å². The lowest BCUT2D eigenvalue weighted by Crippen LogP contribution is -2.42. The van der Waals surface area contributed by atoms with E-state index in [0.29, 0.717) is 0 Å². The van der Waals surface area contributed by atoms with Gasteiger partial charge in [-0.2, -0.15) is 0 Å². The van der Waals surface area contributed by atoms with Crippen molar-refractivity contribution in [3.8, 4) is 0 Å². The van der Waals surface area contributed by atoms with Crippen molar-refractivity contribution >= 4 is 0 Å². The molecule has 2 N–H and O–H groups in total. The number of aliphatic hydroxyl groups is 1. The van der Waals surface area contributed by atoms with Gasteiger partial charge in [0, 0.05) is 39.0 Å². The number of imidazole rings is 1. The summed E-state index contributed by atoms with van der Waals surface area (Å²) in [5.41, 5.74) is -0.458. The van der Waals surface area contributed by atoms with Crippen molar-refractivity contribution < 1.29 is 5.11 Å². The Bertz CT molecular complexity index is 342. The highest BCUT2D eigenvalue weighted by Gasteiger charge is 2.28. The van der Waals surface area contributed by atoms with E-state index in [-0.39, 0.29) is 0 Å². The van der Waals surface area contributed by atoms with E-state index >= 15 is 0 Å². The monoisotopic (exact) mass is 237 g/mol. The summed E-state index contributed by atoms with van der Waals surface area (Å²) in [5.74, 6) is 1.09. The van der Waals surface area contributed by atoms with Crippen LogP contribution in [0, 0.1) is 0 Å². The van der Waals surface area contributed by atoms with E-state index in [1.54, 1.807) is 0 Å². The summed E-state index contributed by atoms with van der Waals surface area (Å²) in [7, 11) is 2.01. The molecule has 1 fully saturated rings. The summed E-state index contributed by atoms with van der Waals surface area (Å²) < 4.78 is 2.04. The SMILES string of the molecule is Cn1ccnc1CCNCC1(O)CCCCC1. The molecule has 1 aliphatic carbocycles. The van der Waals surface area contributed by atoms with Gasteiger partial charge in [-0.1, -0.05) is 19.3 Å². The highest BCUT2D eigenvalue weighted by atomic mass is 16.3. The van der Waals surface area contributed by atoms with Gasteiger partial charge in [0.1, 0.15) is 5.82 Å². The molecule has 1 saturated carbocycles. The number of aromatic nitrogens is 2. The summed E-state index contributed by atoms with van der Waals surface area (Å²) in [6, 6.07) is 0. The molecular formula is C13H23N3O. The van der Waals surface area contributed by atoms with Gasteiger partial charge < -0.3 is 15.0 Å². The lowest BCUT2D eigenvalue weighted by atomic mass is 9.85. The summed E-state index contributed by atoms with van der Waals surface area (Å²) in [4.78, 5) is 4.28. The van der Waals surface area contributed by atoms with Crippen molar-refractivity contribution in [1.29, 1.82) is 0 Å². The zero-order valence-electron chi connectivity index (χ0n) is 10.7. The molecule has 0 saturated heterocycles. The molecule has 1 heterocycles. The molecule has 0 unspecified atom stereocenters. The first-order valence-corrected chi connectivity index (χ1v) is 6.59. The molecule has 2 rings (SSSR count). The van der Waals surface area contributed by atoms with Crippen LogP contribution < -0.4 is 5.32 Å². The van der Waals surface area contributed by atoms with Crippen LogP contribution in [-0.2, 0) is 13.5 Å². The Morgan fingerprint density at radius 3 is 2.82 bits per heavy atom. The minimum atomic E-state index is -0.458. The molecule has 1 aromatic rings. The third-order valence-electron chi connectivity index (χ3n) is 3.68. The zero-order valence-corrected chi connectivity index (χ0v) is 10.7. The second-order valence-corrected chi connectivity index (χ2v) is 5.17. The lowest BCUT2D eigenvalue weighted by molar-refractivity contribution is 0.00514. The molecule has 1 aliphatic rings. The Balaban J connectivity index is 1.67. The Morgan fingerprint density at radius 1 is 1.41 bits per heavy atom. The van der Waals surface area contributed by atoms with Crippen molar-refractivity contribution in [1.82, 2.24) is 14.9 Å². The first kappa shape index (κ1) is 12.6. The van der Waals surface area contributed by atoms with Gasteiger partial charge in [-0.05, 0) is 12.8 Å². The highest BCUT2D eigenvalue weighted by molar-refractivity contribution is 4.92. The molecule has 0 spiro atoms. The molecule has 0 aliphatic heterocycles. The van der Waals surface area contributed by atoms with Crippen LogP contribution in [0.2, 0.25) is 0 Å². The predicted octanol–water partition coefficient (Wildman–Crippen LogP) is 1.25. The summed E-state index contributed by atoms with van der Waals surface area (Å²) in [6.07, 6.45) is 10.2. The normalized spacial score (nSPS) is 19.4. The maximum Gasteiger partial charge on any atom is 0.109 e. The molecule has 4 nitrogen and oxygen atoms in total. The largest absolute Gasteiger partial charge is 0.389 e. The van der Waals surface area contributed by atoms with Gasteiger partial charge in [0.2, 0.25) is 0 Å². The number of rotatable bonds is 5. The van der Waals surface area contributed by atoms with Gasteiger partial charge in [-0.3, -0.25) is 0 Å². The van der Waals surface area contributed by atoms with Crippen LogP contribution in [0.3, 0.4) is 0 Å². The molecule has 0 atom stereocenters. The van der Waals surface area contributed by atoms with E-state index in [4.69, 9.17) is 0 Å². The standard InChI is InChI=1S/C13H23N3O/c1-16-10-9-15-12(16)5-8-14-11-13(17)6-3-2-4-7-13/h9-10,14,17H,2-8,11H2,1H3. The maximum absolute atomic E-state index is 10.3. The molecule has 0 amide bonds. The Kier molecular flexibility index (Phi) is 4.18. The molecule has 0 bridgehead atoms. The van der Waals surface area contributed by atoms with Crippen LogP contribution in [-0.4, -0.2) is 33.3 Å². The van der Waals surface area contributed by atoms with Crippen molar-refractivity contribution in [2.24, 2.45) is 7.05 Å². The maximum atomic E-state index is 10.3. The third kappa shape index (κ3) is 3.54. The van der Waals surface area contributed by atoms with Crippen LogP contribution in [0.4, 0.5) is 0 Å². The van der Waals surface area contributed by atoms with Gasteiger partial charge in [0.25, 0.3) is 0 Å². The van der Waals surface area contributed by atoms with E-state index in [9.17, 15) is 5.11 Å². The molecule has 17 heavy (non-hydrogen) atoms. The average Bonchev–Trinajstić information content (AvgIpc) is 2.72. The van der Waals surface area contributed by atoms with Crippen LogP contribution >= 0.6 is 0 Å². The third-order valence-corrected chi connectivity index (χ3v) is 3.68. The van der Waals surface area contributed by atoms with Crippen LogP contribution in [0.5, 0.6) is 0 Å². The molecule has 1 aromatic heterocycles. The first-order chi connectivity index (χ1) is 8.20. The number of nitrogens with one attached hydrogen (secondary N) is 1. The smallest absolute Gasteiger partial charge is 0.109 e. The number of hydrogen-bond donors (Lipinski definition) is 2. The Morgan fingerprint density at radius 2 is 2.18 bits per heavy atom. The lowest BCUT2D eigenvalue weighted by Gasteiger charge is -2.32. The van der Waals surface area contributed by atoms with Crippen LogP contribution in [0.25, 0.3) is 0 Å². The molecule has 4 heteroatoms. The predicted molar refractivity (Wildman–Crippen MR) is 67.8 cm³/mol. The van der Waals surface area contributed by atoms with Gasteiger partial charge in [-0.15, -0.1) is 0 Å². The van der Waals surface area contributed by atoms with Crippen molar-refractivity contribution in [2.75, 3.05) is 13.1 Å². The minimum absolute atomic E-state index is 0.458. The second-order valence-electron chi connectivity index (χ2n) is 5.17. The van der Waals surface area contributed by atoms with Crippen molar-refractivity contribution in [3.05, 3.63) is 18.2 Å². The fraction of sp³-hybridized carbons (Fsp3) is 0.769. The fourth-order valence-corrected chi connectivity index (χ4v) is 2.55. The Hall–Kier alpha value is -0.870. The molecule has 96 valence electrons. The van der Waals surface area contributed by atoms with Gasteiger partial charge in [0.05, 0.1) is 5.60 Å². The number of aryl methyl sites for hydroxylation is 1. The molecular weight excluding hydrogens is 214 g/mol. The van der Waals surface area contributed by atoms with E-state index < -0.39 is 5.60 Å². The second kappa shape index (κ2) is 5.65. The quantitative estimate of drug-likeness (QED) is 0.758. The van der Waals surface area contributed by atoms with E-state index in [1.165, 1.54) is 6.42 Å². The topological polar surface area (TPSA) is 50.1 Å². The van der Waals surface area contributed by atoms with E-state index in [0.717, 1.165) is 51.0 Å². The molecule has 0 radical (unpaired) electrons. The highest BCUT2D eigenvalue weighted by Crippen LogP contribution is 2.27. The number of hydrogen-bond acceptors (Lipinski definition) is 3. The van der Waals surface area contributed by atoms with Crippen LogP contribution in [0.1, 0.15) is 37.9 Å².